The van der Waals surface area contributed by atoms with Gasteiger partial charge in [0.2, 0.25) is 12.5 Å². The van der Waals surface area contributed by atoms with E-state index < -0.39 is 0 Å². The number of nitrogens with zero attached hydrogens (tertiary/aromatic N) is 1. The molecule has 7 nitrogen and oxygen atoms in total. The molecule has 2 aromatic carbocycles. The van der Waals surface area contributed by atoms with Crippen molar-refractivity contribution in [2.45, 2.75) is 12.8 Å². The number of rotatable bonds is 5. The Bertz CT molecular complexity index is 1150. The van der Waals surface area contributed by atoms with Crippen molar-refractivity contribution in [1.29, 1.82) is 0 Å². The number of hydrogen-bond donors (Lipinski definition) is 1. The molecular formula is C23H22N2O5. The maximum atomic E-state index is 5.61. The Morgan fingerprint density at radius 2 is 1.67 bits per heavy atom. The van der Waals surface area contributed by atoms with Crippen LogP contribution in [0.5, 0.6) is 28.7 Å². The van der Waals surface area contributed by atoms with E-state index >= 15 is 0 Å². The molecule has 0 bridgehead atoms. The Balaban J connectivity index is 1.70. The lowest BCUT2D eigenvalue weighted by Crippen LogP contribution is -2.05. The molecule has 30 heavy (non-hydrogen) atoms. The van der Waals surface area contributed by atoms with Crippen LogP contribution in [0.25, 0.3) is 17.0 Å². The summed E-state index contributed by atoms with van der Waals surface area (Å²) < 4.78 is 27.6. The van der Waals surface area contributed by atoms with Crippen LogP contribution in [0.3, 0.4) is 0 Å². The molecule has 3 aromatic rings. The van der Waals surface area contributed by atoms with Gasteiger partial charge in [-0.15, -0.1) is 0 Å². The molecule has 0 saturated carbocycles. The molecule has 0 atom stereocenters. The molecule has 0 amide bonds. The zero-order valence-corrected chi connectivity index (χ0v) is 17.1. The second-order valence-electron chi connectivity index (χ2n) is 7.05. The highest BCUT2D eigenvalue weighted by molar-refractivity contribution is 6.00. The lowest BCUT2D eigenvalue weighted by atomic mass is 9.97. The summed E-state index contributed by atoms with van der Waals surface area (Å²) in [6.07, 6.45) is 6.15. The van der Waals surface area contributed by atoms with Crippen molar-refractivity contribution in [1.82, 2.24) is 4.98 Å². The molecule has 154 valence electrons. The van der Waals surface area contributed by atoms with Crippen molar-refractivity contribution in [2.75, 3.05) is 33.4 Å². The first-order valence-electron chi connectivity index (χ1n) is 9.71. The summed E-state index contributed by atoms with van der Waals surface area (Å²) in [4.78, 5) is 4.89. The van der Waals surface area contributed by atoms with Crippen LogP contribution in [0.2, 0.25) is 0 Å². The summed E-state index contributed by atoms with van der Waals surface area (Å²) in [7, 11) is 4.80. The third-order valence-electron chi connectivity index (χ3n) is 5.36. The Hall–Kier alpha value is -3.61. The van der Waals surface area contributed by atoms with E-state index in [1.165, 1.54) is 0 Å². The van der Waals surface area contributed by atoms with E-state index in [9.17, 15) is 0 Å². The first-order chi connectivity index (χ1) is 14.7. The molecule has 1 aliphatic carbocycles. The van der Waals surface area contributed by atoms with Crippen LogP contribution < -0.4 is 29.0 Å². The number of aryl methyl sites for hydroxylation is 1. The zero-order chi connectivity index (χ0) is 20.7. The van der Waals surface area contributed by atoms with E-state index in [0.29, 0.717) is 17.2 Å². The van der Waals surface area contributed by atoms with Gasteiger partial charge in [-0.3, -0.25) is 4.98 Å². The molecule has 1 aliphatic heterocycles. The molecule has 0 radical (unpaired) electrons. The Morgan fingerprint density at radius 3 is 2.37 bits per heavy atom. The summed E-state index contributed by atoms with van der Waals surface area (Å²) in [6, 6.07) is 7.70. The van der Waals surface area contributed by atoms with Crippen molar-refractivity contribution in [3.05, 3.63) is 41.6 Å². The number of ether oxygens (including phenoxy) is 5. The van der Waals surface area contributed by atoms with Gasteiger partial charge < -0.3 is 29.0 Å². The number of anilines is 2. The van der Waals surface area contributed by atoms with Crippen LogP contribution in [0.4, 0.5) is 11.4 Å². The van der Waals surface area contributed by atoms with E-state index in [1.807, 2.05) is 24.3 Å². The average molecular weight is 406 g/mol. The van der Waals surface area contributed by atoms with Gasteiger partial charge in [-0.1, -0.05) is 12.2 Å². The molecule has 0 unspecified atom stereocenters. The van der Waals surface area contributed by atoms with E-state index in [2.05, 4.69) is 17.5 Å². The normalized spacial score (nSPS) is 13.8. The number of nitrogens with one attached hydrogen (secondary N) is 1. The third kappa shape index (κ3) is 2.94. The second-order valence-corrected chi connectivity index (χ2v) is 7.05. The molecule has 7 heteroatoms. The highest BCUT2D eigenvalue weighted by Gasteiger charge is 2.22. The molecule has 2 aliphatic rings. The van der Waals surface area contributed by atoms with Gasteiger partial charge >= 0.3 is 0 Å². The minimum absolute atomic E-state index is 0.223. The van der Waals surface area contributed by atoms with Gasteiger partial charge in [-0.25, -0.2) is 0 Å². The second kappa shape index (κ2) is 7.33. The van der Waals surface area contributed by atoms with Crippen LogP contribution in [0, 0.1) is 0 Å². The molecular weight excluding hydrogens is 384 g/mol. The van der Waals surface area contributed by atoms with E-state index in [-0.39, 0.29) is 6.79 Å². The van der Waals surface area contributed by atoms with Crippen LogP contribution in [0.15, 0.2) is 30.3 Å². The monoisotopic (exact) mass is 406 g/mol. The quantitative estimate of drug-likeness (QED) is 0.659. The first-order valence-corrected chi connectivity index (χ1v) is 9.71. The van der Waals surface area contributed by atoms with Gasteiger partial charge in [0.25, 0.3) is 0 Å². The van der Waals surface area contributed by atoms with Crippen LogP contribution in [0.1, 0.15) is 17.7 Å². The maximum Gasteiger partial charge on any atom is 0.231 e. The summed E-state index contributed by atoms with van der Waals surface area (Å²) in [5.74, 6) is 3.16. The number of benzene rings is 2. The highest BCUT2D eigenvalue weighted by atomic mass is 16.7. The van der Waals surface area contributed by atoms with Crippen molar-refractivity contribution >= 4 is 28.4 Å². The fraction of sp³-hybridized carbons (Fsp3) is 0.261. The fourth-order valence-electron chi connectivity index (χ4n) is 3.94. The SMILES string of the molecule is COc1cc(Nc2c3c(nc4cc5c(cc24)OCO5)CCC=C3)cc(OC)c1OC. The number of fused-ring (bicyclic) bond motifs is 3. The summed E-state index contributed by atoms with van der Waals surface area (Å²) >= 11 is 0. The van der Waals surface area contributed by atoms with E-state index in [1.54, 1.807) is 21.3 Å². The zero-order valence-electron chi connectivity index (χ0n) is 17.1. The van der Waals surface area contributed by atoms with E-state index in [0.717, 1.165) is 57.9 Å². The summed E-state index contributed by atoms with van der Waals surface area (Å²) in [6.45, 7) is 0.223. The van der Waals surface area contributed by atoms with Gasteiger partial charge in [0, 0.05) is 34.8 Å². The van der Waals surface area contributed by atoms with Gasteiger partial charge in [-0.05, 0) is 18.9 Å². The molecule has 0 saturated heterocycles. The number of hydrogen-bond acceptors (Lipinski definition) is 7. The minimum atomic E-state index is 0.223. The van der Waals surface area contributed by atoms with Gasteiger partial charge in [0.05, 0.1) is 38.2 Å². The molecule has 0 spiro atoms. The third-order valence-corrected chi connectivity index (χ3v) is 5.36. The lowest BCUT2D eigenvalue weighted by Gasteiger charge is -2.20. The topological polar surface area (TPSA) is 71.1 Å². The Morgan fingerprint density at radius 1 is 0.933 bits per heavy atom. The minimum Gasteiger partial charge on any atom is -0.493 e. The Labute approximate surface area is 174 Å². The molecule has 2 heterocycles. The molecule has 0 fully saturated rings. The standard InChI is InChI=1S/C23H22N2O5/c1-26-20-8-13(9-21(27-2)23(20)28-3)24-22-14-6-4-5-7-16(14)25-17-11-19-18(10-15(17)22)29-12-30-19/h4,6,8-11H,5,7,12H2,1-3H3,(H,24,25). The number of allylic oxidation sites excluding steroid dienone is 1. The predicted octanol–water partition coefficient (Wildman–Crippen LogP) is 4.69. The largest absolute Gasteiger partial charge is 0.493 e. The first kappa shape index (κ1) is 18.4. The number of aromatic nitrogens is 1. The molecule has 1 N–H and O–H groups in total. The number of methoxy groups -OCH3 is 3. The average Bonchev–Trinajstić information content (AvgIpc) is 3.24. The van der Waals surface area contributed by atoms with Crippen molar-refractivity contribution in [2.24, 2.45) is 0 Å². The van der Waals surface area contributed by atoms with Gasteiger partial charge in [-0.2, -0.15) is 0 Å². The maximum absolute atomic E-state index is 5.61. The predicted molar refractivity (Wildman–Crippen MR) is 115 cm³/mol. The van der Waals surface area contributed by atoms with Crippen LogP contribution in [-0.4, -0.2) is 33.1 Å². The van der Waals surface area contributed by atoms with E-state index in [4.69, 9.17) is 28.7 Å². The van der Waals surface area contributed by atoms with Gasteiger partial charge in [0.1, 0.15) is 0 Å². The summed E-state index contributed by atoms with van der Waals surface area (Å²) in [5, 5.41) is 4.52. The smallest absolute Gasteiger partial charge is 0.231 e. The lowest BCUT2D eigenvalue weighted by molar-refractivity contribution is 0.174. The number of pyridine rings is 1. The fourth-order valence-corrected chi connectivity index (χ4v) is 3.94. The summed E-state index contributed by atoms with van der Waals surface area (Å²) in [5.41, 5.74) is 4.76. The van der Waals surface area contributed by atoms with Crippen molar-refractivity contribution in [3.8, 4) is 28.7 Å². The van der Waals surface area contributed by atoms with Crippen molar-refractivity contribution < 1.29 is 23.7 Å². The highest BCUT2D eigenvalue weighted by Crippen LogP contribution is 2.44. The molecule has 5 rings (SSSR count). The van der Waals surface area contributed by atoms with Crippen molar-refractivity contribution in [3.63, 3.8) is 0 Å². The Kier molecular flexibility index (Phi) is 4.50. The molecule has 1 aromatic heterocycles. The van der Waals surface area contributed by atoms with Crippen LogP contribution >= 0.6 is 0 Å². The van der Waals surface area contributed by atoms with Crippen LogP contribution in [-0.2, 0) is 6.42 Å². The van der Waals surface area contributed by atoms with Gasteiger partial charge in [0.15, 0.2) is 23.0 Å².